The normalized spacial score (nSPS) is 15.3. The van der Waals surface area contributed by atoms with Crippen LogP contribution in [0.5, 0.6) is 0 Å². The molecule has 0 rings (SSSR count). The van der Waals surface area contributed by atoms with Crippen LogP contribution in [-0.4, -0.2) is 17.0 Å². The second-order valence-corrected chi connectivity index (χ2v) is 2.49. The van der Waals surface area contributed by atoms with Gasteiger partial charge in [-0.15, -0.1) is 0 Å². The molecule has 0 heterocycles. The van der Waals surface area contributed by atoms with Crippen molar-refractivity contribution in [3.63, 3.8) is 0 Å². The number of rotatable bonds is 4. The molecule has 1 N–H and O–H groups in total. The van der Waals surface area contributed by atoms with Gasteiger partial charge in [0.15, 0.2) is 6.29 Å². The molecule has 0 aromatic carbocycles. The lowest BCUT2D eigenvalue weighted by molar-refractivity contribution is -0.123. The van der Waals surface area contributed by atoms with Crippen LogP contribution in [0.2, 0.25) is 0 Å². The first kappa shape index (κ1) is 9.12. The lowest BCUT2D eigenvalue weighted by Gasteiger charge is -2.13. The molecule has 0 aromatic rings. The van der Waals surface area contributed by atoms with Crippen molar-refractivity contribution in [1.82, 2.24) is 0 Å². The molecule has 10 heavy (non-hydrogen) atoms. The Bertz CT molecular complexity index is 146. The summed E-state index contributed by atoms with van der Waals surface area (Å²) in [7, 11) is 0. The predicted molar refractivity (Wildman–Crippen MR) is 36.2 cm³/mol. The maximum Gasteiger partial charge on any atom is 0.151 e. The molecule has 0 fully saturated rings. The fourth-order valence-electron chi connectivity index (χ4n) is 0.584. The molecule has 0 amide bonds. The topological polar surface area (TPSA) is 61.1 Å². The number of nitrogens with zero attached hydrogens (tertiary/aromatic N) is 1. The van der Waals surface area contributed by atoms with E-state index in [1.165, 1.54) is 6.92 Å². The molecule has 0 spiro atoms. The second-order valence-electron chi connectivity index (χ2n) is 2.49. The van der Waals surface area contributed by atoms with Crippen molar-refractivity contribution in [3.8, 4) is 6.07 Å². The zero-order valence-electron chi connectivity index (χ0n) is 6.00. The Morgan fingerprint density at radius 2 is 2.40 bits per heavy atom. The number of carbonyl (C=O) groups excluding carboxylic acids is 1. The molecule has 0 radical (unpaired) electrons. The summed E-state index contributed by atoms with van der Waals surface area (Å²) in [6.07, 6.45) is 1.83. The van der Waals surface area contributed by atoms with Gasteiger partial charge in [0.25, 0.3) is 0 Å². The predicted octanol–water partition coefficient (Wildman–Crippen LogP) is 0.630. The summed E-state index contributed by atoms with van der Waals surface area (Å²) in [5.41, 5.74) is -1.24. The Balaban J connectivity index is 3.49. The SMILES string of the molecule is CC(O)(C=O)CCCC#N. The fourth-order valence-corrected chi connectivity index (χ4v) is 0.584. The van der Waals surface area contributed by atoms with Gasteiger partial charge >= 0.3 is 0 Å². The Morgan fingerprint density at radius 1 is 1.80 bits per heavy atom. The van der Waals surface area contributed by atoms with E-state index in [4.69, 9.17) is 10.4 Å². The number of aldehydes is 1. The van der Waals surface area contributed by atoms with Crippen LogP contribution in [0.25, 0.3) is 0 Å². The minimum absolute atomic E-state index is 0.365. The van der Waals surface area contributed by atoms with Crippen molar-refractivity contribution >= 4 is 6.29 Å². The molecular weight excluding hydrogens is 130 g/mol. The molecule has 1 unspecified atom stereocenters. The van der Waals surface area contributed by atoms with Crippen molar-refractivity contribution in [1.29, 1.82) is 5.26 Å². The van der Waals surface area contributed by atoms with Gasteiger partial charge in [0, 0.05) is 6.42 Å². The molecule has 0 aliphatic carbocycles. The van der Waals surface area contributed by atoms with Crippen LogP contribution in [-0.2, 0) is 4.79 Å². The maximum absolute atomic E-state index is 10.1. The summed E-state index contributed by atoms with van der Waals surface area (Å²) in [6.45, 7) is 1.44. The van der Waals surface area contributed by atoms with Gasteiger partial charge in [0.05, 0.1) is 6.07 Å². The largest absolute Gasteiger partial charge is 0.383 e. The Hall–Kier alpha value is -0.880. The first-order valence-corrected chi connectivity index (χ1v) is 3.18. The number of hydrogen-bond acceptors (Lipinski definition) is 3. The van der Waals surface area contributed by atoms with Crippen LogP contribution in [0.4, 0.5) is 0 Å². The average molecular weight is 141 g/mol. The third kappa shape index (κ3) is 4.04. The minimum Gasteiger partial charge on any atom is -0.383 e. The van der Waals surface area contributed by atoms with Gasteiger partial charge in [0.1, 0.15) is 5.60 Å². The molecule has 0 bridgehead atoms. The van der Waals surface area contributed by atoms with Gasteiger partial charge < -0.3 is 9.90 Å². The summed E-state index contributed by atoms with van der Waals surface area (Å²) < 4.78 is 0. The molecule has 0 aliphatic rings. The summed E-state index contributed by atoms with van der Waals surface area (Å²) in [4.78, 5) is 10.1. The highest BCUT2D eigenvalue weighted by molar-refractivity contribution is 5.60. The minimum atomic E-state index is -1.24. The van der Waals surface area contributed by atoms with E-state index in [0.29, 0.717) is 25.5 Å². The molecule has 3 nitrogen and oxygen atoms in total. The number of nitriles is 1. The van der Waals surface area contributed by atoms with E-state index in [1.807, 2.05) is 6.07 Å². The van der Waals surface area contributed by atoms with Gasteiger partial charge in [0.2, 0.25) is 0 Å². The lowest BCUT2D eigenvalue weighted by atomic mass is 10.0. The van der Waals surface area contributed by atoms with Gasteiger partial charge in [-0.05, 0) is 19.8 Å². The second kappa shape index (κ2) is 4.02. The number of unbranched alkanes of at least 4 members (excludes halogenated alkanes) is 1. The highest BCUT2D eigenvalue weighted by Crippen LogP contribution is 2.09. The first-order chi connectivity index (χ1) is 4.62. The van der Waals surface area contributed by atoms with E-state index in [-0.39, 0.29) is 0 Å². The lowest BCUT2D eigenvalue weighted by Crippen LogP contribution is -2.25. The summed E-state index contributed by atoms with van der Waals surface area (Å²) in [5.74, 6) is 0. The monoisotopic (exact) mass is 141 g/mol. The van der Waals surface area contributed by atoms with E-state index >= 15 is 0 Å². The van der Waals surface area contributed by atoms with E-state index < -0.39 is 5.60 Å². The maximum atomic E-state index is 10.1. The zero-order valence-corrected chi connectivity index (χ0v) is 6.00. The van der Waals surface area contributed by atoms with Crippen molar-refractivity contribution in [2.45, 2.75) is 31.8 Å². The van der Waals surface area contributed by atoms with E-state index in [0.717, 1.165) is 0 Å². The van der Waals surface area contributed by atoms with Gasteiger partial charge in [-0.3, -0.25) is 0 Å². The quantitative estimate of drug-likeness (QED) is 0.461. The number of hydrogen-bond donors (Lipinski definition) is 1. The summed E-state index contributed by atoms with van der Waals surface area (Å²) in [6, 6.07) is 1.94. The third-order valence-corrected chi connectivity index (χ3v) is 1.23. The van der Waals surface area contributed by atoms with Gasteiger partial charge in [-0.2, -0.15) is 5.26 Å². The van der Waals surface area contributed by atoms with Gasteiger partial charge in [-0.25, -0.2) is 0 Å². The van der Waals surface area contributed by atoms with E-state index in [2.05, 4.69) is 0 Å². The molecule has 0 aliphatic heterocycles. The van der Waals surface area contributed by atoms with E-state index in [9.17, 15) is 4.79 Å². The smallest absolute Gasteiger partial charge is 0.151 e. The number of carbonyl (C=O) groups is 1. The van der Waals surface area contributed by atoms with Crippen LogP contribution in [0.15, 0.2) is 0 Å². The Labute approximate surface area is 60.3 Å². The highest BCUT2D eigenvalue weighted by Gasteiger charge is 2.17. The summed E-state index contributed by atoms with van der Waals surface area (Å²) >= 11 is 0. The van der Waals surface area contributed by atoms with Crippen LogP contribution in [0.3, 0.4) is 0 Å². The van der Waals surface area contributed by atoms with Crippen LogP contribution in [0, 0.1) is 11.3 Å². The molecule has 0 saturated heterocycles. The highest BCUT2D eigenvalue weighted by atomic mass is 16.3. The fraction of sp³-hybridized carbons (Fsp3) is 0.714. The zero-order chi connectivity index (χ0) is 8.04. The first-order valence-electron chi connectivity index (χ1n) is 3.18. The van der Waals surface area contributed by atoms with E-state index in [1.54, 1.807) is 0 Å². The van der Waals surface area contributed by atoms with Crippen molar-refractivity contribution in [3.05, 3.63) is 0 Å². The molecule has 3 heteroatoms. The molecule has 0 saturated carbocycles. The van der Waals surface area contributed by atoms with Crippen LogP contribution in [0.1, 0.15) is 26.2 Å². The number of aliphatic hydroxyl groups is 1. The van der Waals surface area contributed by atoms with Crippen molar-refractivity contribution in [2.75, 3.05) is 0 Å². The van der Waals surface area contributed by atoms with Gasteiger partial charge in [-0.1, -0.05) is 0 Å². The molecular formula is C7H11NO2. The third-order valence-electron chi connectivity index (χ3n) is 1.23. The van der Waals surface area contributed by atoms with Crippen molar-refractivity contribution < 1.29 is 9.90 Å². The Morgan fingerprint density at radius 3 is 2.80 bits per heavy atom. The summed E-state index contributed by atoms with van der Waals surface area (Å²) in [5, 5.41) is 17.2. The molecule has 1 atom stereocenters. The van der Waals surface area contributed by atoms with Crippen LogP contribution < -0.4 is 0 Å². The molecule has 0 aromatic heterocycles. The van der Waals surface area contributed by atoms with Crippen molar-refractivity contribution in [2.24, 2.45) is 0 Å². The Kier molecular flexibility index (Phi) is 3.67. The average Bonchev–Trinajstić information content (AvgIpc) is 1.89. The van der Waals surface area contributed by atoms with Crippen LogP contribution >= 0.6 is 0 Å². The standard InChI is InChI=1S/C7H11NO2/c1-7(10,6-9)4-2-3-5-8/h6,10H,2-4H2,1H3. The molecule has 56 valence electrons.